The number of esters is 1. The molecule has 0 fully saturated rings. The molecule has 0 saturated carbocycles. The summed E-state index contributed by atoms with van der Waals surface area (Å²) in [5, 5.41) is 10.9. The average Bonchev–Trinajstić information content (AvgIpc) is 2.47. The van der Waals surface area contributed by atoms with Crippen LogP contribution in [0.5, 0.6) is 0 Å². The Balaban J connectivity index is 2.18. The second-order valence-electron chi connectivity index (χ2n) is 4.37. The Kier molecular flexibility index (Phi) is 4.27. The molecule has 1 unspecified atom stereocenters. The SMILES string of the molecule is CC(OC(=O)c1ccccc1[N+](=O)[O-])c1ccc(F)cc1. The largest absolute Gasteiger partial charge is 0.454 e. The van der Waals surface area contributed by atoms with Crippen LogP contribution in [0.4, 0.5) is 10.1 Å². The van der Waals surface area contributed by atoms with Crippen LogP contribution in [0.2, 0.25) is 0 Å². The van der Waals surface area contributed by atoms with E-state index < -0.39 is 22.8 Å². The molecule has 0 heterocycles. The van der Waals surface area contributed by atoms with Crippen LogP contribution in [0.3, 0.4) is 0 Å². The first kappa shape index (κ1) is 14.6. The third-order valence-electron chi connectivity index (χ3n) is 2.94. The zero-order valence-corrected chi connectivity index (χ0v) is 11.2. The number of carbonyl (C=O) groups is 1. The standard InChI is InChI=1S/C15H12FNO4/c1-10(11-6-8-12(16)9-7-11)21-15(18)13-4-2-3-5-14(13)17(19)20/h2-10H,1H3. The molecule has 0 aliphatic rings. The molecule has 0 N–H and O–H groups in total. The van der Waals surface area contributed by atoms with E-state index in [1.807, 2.05) is 0 Å². The van der Waals surface area contributed by atoms with Crippen LogP contribution >= 0.6 is 0 Å². The summed E-state index contributed by atoms with van der Waals surface area (Å²) in [7, 11) is 0. The molecule has 0 aliphatic carbocycles. The van der Waals surface area contributed by atoms with Crippen LogP contribution < -0.4 is 0 Å². The van der Waals surface area contributed by atoms with E-state index in [2.05, 4.69) is 0 Å². The highest BCUT2D eigenvalue weighted by molar-refractivity contribution is 5.93. The Hall–Kier alpha value is -2.76. The number of benzene rings is 2. The lowest BCUT2D eigenvalue weighted by atomic mass is 10.1. The van der Waals surface area contributed by atoms with Gasteiger partial charge in [0.25, 0.3) is 5.69 Å². The van der Waals surface area contributed by atoms with Crippen molar-refractivity contribution in [1.29, 1.82) is 0 Å². The highest BCUT2D eigenvalue weighted by Crippen LogP contribution is 2.23. The first-order chi connectivity index (χ1) is 9.99. The van der Waals surface area contributed by atoms with Gasteiger partial charge in [-0.3, -0.25) is 10.1 Å². The van der Waals surface area contributed by atoms with Crippen molar-refractivity contribution in [2.24, 2.45) is 0 Å². The number of nitro groups is 1. The molecule has 0 radical (unpaired) electrons. The Bertz CT molecular complexity index is 670. The molecule has 2 aromatic carbocycles. The van der Waals surface area contributed by atoms with Gasteiger partial charge in [-0.05, 0) is 30.7 Å². The molecule has 2 aromatic rings. The molecule has 0 saturated heterocycles. The minimum absolute atomic E-state index is 0.114. The molecule has 0 amide bonds. The minimum atomic E-state index is -0.792. The molecule has 108 valence electrons. The number of nitrogens with zero attached hydrogens (tertiary/aromatic N) is 1. The molecule has 6 heteroatoms. The predicted octanol–water partition coefficient (Wildman–Crippen LogP) is 3.65. The lowest BCUT2D eigenvalue weighted by Crippen LogP contribution is -2.11. The number of ether oxygens (including phenoxy) is 1. The first-order valence-electron chi connectivity index (χ1n) is 6.19. The van der Waals surface area contributed by atoms with E-state index in [0.29, 0.717) is 5.56 Å². The summed E-state index contributed by atoms with van der Waals surface area (Å²) >= 11 is 0. The van der Waals surface area contributed by atoms with Crippen LogP contribution in [-0.4, -0.2) is 10.9 Å². The normalized spacial score (nSPS) is 11.7. The van der Waals surface area contributed by atoms with Crippen molar-refractivity contribution < 1.29 is 18.8 Å². The number of rotatable bonds is 4. The fourth-order valence-electron chi connectivity index (χ4n) is 1.83. The smallest absolute Gasteiger partial charge is 0.345 e. The summed E-state index contributed by atoms with van der Waals surface area (Å²) < 4.78 is 18.0. The van der Waals surface area contributed by atoms with E-state index in [4.69, 9.17) is 4.74 Å². The third-order valence-corrected chi connectivity index (χ3v) is 2.94. The molecule has 0 bridgehead atoms. The van der Waals surface area contributed by atoms with E-state index in [1.54, 1.807) is 6.92 Å². The van der Waals surface area contributed by atoms with Gasteiger partial charge in [0.05, 0.1) is 4.92 Å². The van der Waals surface area contributed by atoms with Crippen molar-refractivity contribution >= 4 is 11.7 Å². The number of hydrogen-bond acceptors (Lipinski definition) is 4. The average molecular weight is 289 g/mol. The number of para-hydroxylation sites is 1. The van der Waals surface area contributed by atoms with Gasteiger partial charge in [0.1, 0.15) is 17.5 Å². The molecular formula is C15H12FNO4. The number of carbonyl (C=O) groups excluding carboxylic acids is 1. The zero-order chi connectivity index (χ0) is 15.4. The summed E-state index contributed by atoms with van der Waals surface area (Å²) in [5.74, 6) is -1.19. The zero-order valence-electron chi connectivity index (χ0n) is 11.2. The maximum Gasteiger partial charge on any atom is 0.345 e. The first-order valence-corrected chi connectivity index (χ1v) is 6.19. The maximum absolute atomic E-state index is 12.8. The van der Waals surface area contributed by atoms with Gasteiger partial charge in [0.2, 0.25) is 0 Å². The molecule has 0 aliphatic heterocycles. The molecule has 2 rings (SSSR count). The predicted molar refractivity (Wildman–Crippen MR) is 73.3 cm³/mol. The summed E-state index contributed by atoms with van der Waals surface area (Å²) in [6, 6.07) is 11.1. The Morgan fingerprint density at radius 2 is 1.81 bits per heavy atom. The van der Waals surface area contributed by atoms with Gasteiger partial charge in [0.15, 0.2) is 0 Å². The monoisotopic (exact) mass is 289 g/mol. The minimum Gasteiger partial charge on any atom is -0.454 e. The fourth-order valence-corrected chi connectivity index (χ4v) is 1.83. The summed E-state index contributed by atoms with van der Waals surface area (Å²) in [6.45, 7) is 1.61. The van der Waals surface area contributed by atoms with Crippen molar-refractivity contribution in [2.75, 3.05) is 0 Å². The highest BCUT2D eigenvalue weighted by Gasteiger charge is 2.22. The van der Waals surface area contributed by atoms with Crippen LogP contribution in [0.25, 0.3) is 0 Å². The summed E-state index contributed by atoms with van der Waals surface area (Å²) in [4.78, 5) is 22.3. The Morgan fingerprint density at radius 3 is 2.43 bits per heavy atom. The Morgan fingerprint density at radius 1 is 1.19 bits per heavy atom. The lowest BCUT2D eigenvalue weighted by molar-refractivity contribution is -0.385. The van der Waals surface area contributed by atoms with Crippen molar-refractivity contribution in [3.63, 3.8) is 0 Å². The summed E-state index contributed by atoms with van der Waals surface area (Å²) in [6.07, 6.45) is -0.641. The van der Waals surface area contributed by atoms with E-state index in [0.717, 1.165) is 0 Å². The number of nitro benzene ring substituents is 1. The van der Waals surface area contributed by atoms with Crippen LogP contribution in [0.15, 0.2) is 48.5 Å². The van der Waals surface area contributed by atoms with Crippen molar-refractivity contribution in [3.05, 3.63) is 75.6 Å². The second-order valence-corrected chi connectivity index (χ2v) is 4.37. The molecule has 1 atom stereocenters. The van der Waals surface area contributed by atoms with Gasteiger partial charge >= 0.3 is 5.97 Å². The van der Waals surface area contributed by atoms with Crippen LogP contribution in [-0.2, 0) is 4.74 Å². The van der Waals surface area contributed by atoms with Gasteiger partial charge < -0.3 is 4.74 Å². The van der Waals surface area contributed by atoms with E-state index in [1.165, 1.54) is 48.5 Å². The van der Waals surface area contributed by atoms with Crippen molar-refractivity contribution in [3.8, 4) is 0 Å². The number of hydrogen-bond donors (Lipinski definition) is 0. The van der Waals surface area contributed by atoms with Crippen molar-refractivity contribution in [1.82, 2.24) is 0 Å². The van der Waals surface area contributed by atoms with E-state index in [-0.39, 0.29) is 11.3 Å². The van der Waals surface area contributed by atoms with Crippen LogP contribution in [0.1, 0.15) is 28.9 Å². The van der Waals surface area contributed by atoms with Crippen molar-refractivity contribution in [2.45, 2.75) is 13.0 Å². The Labute approximate surface area is 120 Å². The van der Waals surface area contributed by atoms with Gasteiger partial charge in [-0.2, -0.15) is 0 Å². The molecule has 5 nitrogen and oxygen atoms in total. The van der Waals surface area contributed by atoms with Gasteiger partial charge in [-0.25, -0.2) is 9.18 Å². The van der Waals surface area contributed by atoms with Gasteiger partial charge in [-0.15, -0.1) is 0 Å². The maximum atomic E-state index is 12.8. The van der Waals surface area contributed by atoms with Gasteiger partial charge in [-0.1, -0.05) is 24.3 Å². The topological polar surface area (TPSA) is 69.4 Å². The third kappa shape index (κ3) is 3.42. The number of halogens is 1. The summed E-state index contributed by atoms with van der Waals surface area (Å²) in [5.41, 5.74) is 0.175. The quantitative estimate of drug-likeness (QED) is 0.489. The highest BCUT2D eigenvalue weighted by atomic mass is 19.1. The van der Waals surface area contributed by atoms with Crippen LogP contribution in [0, 0.1) is 15.9 Å². The molecule has 0 spiro atoms. The molecule has 21 heavy (non-hydrogen) atoms. The van der Waals surface area contributed by atoms with Gasteiger partial charge in [0, 0.05) is 6.07 Å². The fraction of sp³-hybridized carbons (Fsp3) is 0.133. The van der Waals surface area contributed by atoms with E-state index in [9.17, 15) is 19.3 Å². The molecule has 0 aromatic heterocycles. The lowest BCUT2D eigenvalue weighted by Gasteiger charge is -2.13. The van der Waals surface area contributed by atoms with E-state index >= 15 is 0 Å². The second kappa shape index (κ2) is 6.13. The molecular weight excluding hydrogens is 277 g/mol.